The molecule has 0 N–H and O–H groups in total. The Morgan fingerprint density at radius 1 is 0.406 bits per heavy atom. The minimum Gasteiger partial charge on any atom is -0.192 e. The van der Waals surface area contributed by atoms with Crippen molar-refractivity contribution in [2.24, 2.45) is 0 Å². The zero-order valence-corrected chi connectivity index (χ0v) is 17.4. The molecule has 0 amide bonds. The van der Waals surface area contributed by atoms with Gasteiger partial charge in [-0.15, -0.1) is 0 Å². The van der Waals surface area contributed by atoms with Crippen LogP contribution in [0.25, 0.3) is 54.6 Å². The molecular formula is C31H19N. The van der Waals surface area contributed by atoms with Crippen LogP contribution in [0.1, 0.15) is 5.56 Å². The molecule has 0 heterocycles. The maximum Gasteiger partial charge on any atom is 0.0991 e. The van der Waals surface area contributed by atoms with E-state index in [2.05, 4.69) is 103 Å². The van der Waals surface area contributed by atoms with E-state index in [9.17, 15) is 0 Å². The number of nitriles is 1. The lowest BCUT2D eigenvalue weighted by Gasteiger charge is -2.10. The molecule has 1 heteroatoms. The first-order valence-electron chi connectivity index (χ1n) is 10.7. The highest BCUT2D eigenvalue weighted by molar-refractivity contribution is 6.08. The van der Waals surface area contributed by atoms with E-state index >= 15 is 0 Å². The smallest absolute Gasteiger partial charge is 0.0991 e. The molecule has 0 aliphatic rings. The van der Waals surface area contributed by atoms with Crippen LogP contribution in [0.2, 0.25) is 0 Å². The second-order valence-electron chi connectivity index (χ2n) is 8.19. The molecule has 32 heavy (non-hydrogen) atoms. The minimum absolute atomic E-state index is 0.691. The number of benzene rings is 6. The minimum atomic E-state index is 0.691. The first-order valence-corrected chi connectivity index (χ1v) is 10.7. The molecule has 148 valence electrons. The Hall–Kier alpha value is -4.41. The highest BCUT2D eigenvalue weighted by Gasteiger charge is 2.06. The monoisotopic (exact) mass is 405 g/mol. The Kier molecular flexibility index (Phi) is 4.23. The lowest BCUT2D eigenvalue weighted by molar-refractivity contribution is 1.50. The molecule has 0 aromatic heterocycles. The third-order valence-electron chi connectivity index (χ3n) is 6.25. The maximum absolute atomic E-state index is 9.14. The molecule has 0 saturated carbocycles. The standard InChI is InChI=1S/C31H19N/c32-20-21-8-9-27-18-28(15-14-26(27)16-21)24-5-3-6-25(17-24)29-13-12-23-11-10-22-4-1-2-7-30(22)31(23)19-29/h1-19H. The fraction of sp³-hybridized carbons (Fsp3) is 0. The molecule has 6 aromatic carbocycles. The average molecular weight is 406 g/mol. The van der Waals surface area contributed by atoms with Gasteiger partial charge in [-0.25, -0.2) is 0 Å². The fourth-order valence-electron chi connectivity index (χ4n) is 4.55. The molecular weight excluding hydrogens is 386 g/mol. The van der Waals surface area contributed by atoms with Crippen molar-refractivity contribution in [1.82, 2.24) is 0 Å². The van der Waals surface area contributed by atoms with Crippen LogP contribution in [0.5, 0.6) is 0 Å². The van der Waals surface area contributed by atoms with Gasteiger partial charge in [-0.3, -0.25) is 0 Å². The predicted octanol–water partition coefficient (Wildman–Crippen LogP) is 8.35. The van der Waals surface area contributed by atoms with Gasteiger partial charge in [0.2, 0.25) is 0 Å². The van der Waals surface area contributed by atoms with Crippen molar-refractivity contribution in [2.75, 3.05) is 0 Å². The quantitative estimate of drug-likeness (QED) is 0.266. The molecule has 6 aromatic rings. The van der Waals surface area contributed by atoms with Crippen LogP contribution < -0.4 is 0 Å². The van der Waals surface area contributed by atoms with E-state index < -0.39 is 0 Å². The van der Waals surface area contributed by atoms with Gasteiger partial charge in [-0.2, -0.15) is 5.26 Å². The van der Waals surface area contributed by atoms with E-state index in [0.717, 1.165) is 10.8 Å². The summed E-state index contributed by atoms with van der Waals surface area (Å²) in [5.41, 5.74) is 5.48. The Balaban J connectivity index is 1.46. The first kappa shape index (κ1) is 18.4. The van der Waals surface area contributed by atoms with E-state index in [4.69, 9.17) is 5.26 Å². The van der Waals surface area contributed by atoms with Crippen LogP contribution >= 0.6 is 0 Å². The van der Waals surface area contributed by atoms with Gasteiger partial charge < -0.3 is 0 Å². The number of hydrogen-bond acceptors (Lipinski definition) is 1. The van der Waals surface area contributed by atoms with Crippen LogP contribution in [0.15, 0.2) is 115 Å². The highest BCUT2D eigenvalue weighted by Crippen LogP contribution is 2.32. The molecule has 0 bridgehead atoms. The van der Waals surface area contributed by atoms with Crippen molar-refractivity contribution in [2.45, 2.75) is 0 Å². The molecule has 0 aliphatic heterocycles. The van der Waals surface area contributed by atoms with Crippen LogP contribution in [0.4, 0.5) is 0 Å². The van der Waals surface area contributed by atoms with Gasteiger partial charge in [-0.1, -0.05) is 84.9 Å². The predicted molar refractivity (Wildman–Crippen MR) is 135 cm³/mol. The summed E-state index contributed by atoms with van der Waals surface area (Å²) in [6.07, 6.45) is 0. The second kappa shape index (κ2) is 7.38. The summed E-state index contributed by atoms with van der Waals surface area (Å²) >= 11 is 0. The van der Waals surface area contributed by atoms with E-state index in [1.807, 2.05) is 18.2 Å². The number of fused-ring (bicyclic) bond motifs is 4. The summed E-state index contributed by atoms with van der Waals surface area (Å²) in [7, 11) is 0. The second-order valence-corrected chi connectivity index (χ2v) is 8.19. The summed E-state index contributed by atoms with van der Waals surface area (Å²) in [4.78, 5) is 0. The summed E-state index contributed by atoms with van der Waals surface area (Å²) in [6, 6.07) is 42.9. The average Bonchev–Trinajstić information content (AvgIpc) is 2.87. The van der Waals surface area contributed by atoms with Crippen LogP contribution in [-0.2, 0) is 0 Å². The molecule has 0 fully saturated rings. The van der Waals surface area contributed by atoms with Gasteiger partial charge in [0.05, 0.1) is 11.6 Å². The third-order valence-corrected chi connectivity index (χ3v) is 6.25. The lowest BCUT2D eigenvalue weighted by Crippen LogP contribution is -1.84. The van der Waals surface area contributed by atoms with Crippen LogP contribution in [0.3, 0.4) is 0 Å². The molecule has 0 saturated heterocycles. The van der Waals surface area contributed by atoms with Crippen LogP contribution in [0, 0.1) is 11.3 Å². The summed E-state index contributed by atoms with van der Waals surface area (Å²) < 4.78 is 0. The van der Waals surface area contributed by atoms with Gasteiger partial charge in [0, 0.05) is 0 Å². The molecule has 1 nitrogen and oxygen atoms in total. The van der Waals surface area contributed by atoms with Crippen molar-refractivity contribution >= 4 is 32.3 Å². The largest absolute Gasteiger partial charge is 0.192 e. The molecule has 0 atom stereocenters. The van der Waals surface area contributed by atoms with Crippen molar-refractivity contribution in [3.63, 3.8) is 0 Å². The number of hydrogen-bond donors (Lipinski definition) is 0. The van der Waals surface area contributed by atoms with Crippen molar-refractivity contribution in [3.8, 4) is 28.3 Å². The van der Waals surface area contributed by atoms with E-state index in [-0.39, 0.29) is 0 Å². The van der Waals surface area contributed by atoms with E-state index in [1.54, 1.807) is 0 Å². The molecule has 0 spiro atoms. The number of nitrogens with zero attached hydrogens (tertiary/aromatic N) is 1. The zero-order chi connectivity index (χ0) is 21.5. The molecule has 6 rings (SSSR count). The summed E-state index contributed by atoms with van der Waals surface area (Å²) in [5, 5.41) is 16.5. The Morgan fingerprint density at radius 3 is 1.81 bits per heavy atom. The topological polar surface area (TPSA) is 23.8 Å². The Labute approximate surface area is 186 Å². The summed E-state index contributed by atoms with van der Waals surface area (Å²) in [5.74, 6) is 0. The Bertz CT molecular complexity index is 1680. The summed E-state index contributed by atoms with van der Waals surface area (Å²) in [6.45, 7) is 0. The molecule has 0 aliphatic carbocycles. The van der Waals surface area contributed by atoms with Crippen molar-refractivity contribution in [3.05, 3.63) is 121 Å². The highest BCUT2D eigenvalue weighted by atomic mass is 14.2. The fourth-order valence-corrected chi connectivity index (χ4v) is 4.55. The van der Waals surface area contributed by atoms with Gasteiger partial charge in [0.1, 0.15) is 0 Å². The Morgan fingerprint density at radius 2 is 1.00 bits per heavy atom. The van der Waals surface area contributed by atoms with Gasteiger partial charge >= 0.3 is 0 Å². The maximum atomic E-state index is 9.14. The van der Waals surface area contributed by atoms with Gasteiger partial charge in [-0.05, 0) is 84.9 Å². The molecule has 0 radical (unpaired) electrons. The van der Waals surface area contributed by atoms with Gasteiger partial charge in [0.15, 0.2) is 0 Å². The lowest BCUT2D eigenvalue weighted by atomic mass is 9.94. The van der Waals surface area contributed by atoms with E-state index in [1.165, 1.54) is 43.8 Å². The van der Waals surface area contributed by atoms with Crippen molar-refractivity contribution < 1.29 is 0 Å². The number of rotatable bonds is 2. The van der Waals surface area contributed by atoms with Gasteiger partial charge in [0.25, 0.3) is 0 Å². The van der Waals surface area contributed by atoms with Crippen molar-refractivity contribution in [1.29, 1.82) is 5.26 Å². The normalized spacial score (nSPS) is 11.1. The first-order chi connectivity index (χ1) is 15.8. The van der Waals surface area contributed by atoms with E-state index in [0.29, 0.717) is 5.56 Å². The SMILES string of the molecule is N#Cc1ccc2cc(-c3cccc(-c4ccc5ccc6ccccc6c5c4)c3)ccc2c1. The zero-order valence-electron chi connectivity index (χ0n) is 17.4. The van der Waals surface area contributed by atoms with Crippen LogP contribution in [-0.4, -0.2) is 0 Å². The third kappa shape index (κ3) is 3.11. The molecule has 0 unspecified atom stereocenters.